The number of anilines is 1. The Hall–Kier alpha value is -2.11. The number of methoxy groups -OCH3 is 1. The normalized spacial score (nSPS) is 13.1. The van der Waals surface area contributed by atoms with Gasteiger partial charge in [0.2, 0.25) is 0 Å². The van der Waals surface area contributed by atoms with Crippen LogP contribution in [0.3, 0.4) is 0 Å². The van der Waals surface area contributed by atoms with Crippen molar-refractivity contribution in [3.8, 4) is 11.5 Å². The van der Waals surface area contributed by atoms with Crippen LogP contribution >= 0.6 is 24.0 Å². The van der Waals surface area contributed by atoms with Gasteiger partial charge in [-0.15, -0.1) is 24.0 Å². The lowest BCUT2D eigenvalue weighted by Gasteiger charge is -2.15. The Balaban J connectivity index is 0.00000385. The van der Waals surface area contributed by atoms with Gasteiger partial charge in [-0.05, 0) is 42.7 Å². The molecule has 2 N–H and O–H groups in total. The van der Waals surface area contributed by atoms with Gasteiger partial charge in [0.1, 0.15) is 5.82 Å². The molecule has 9 heteroatoms. The van der Waals surface area contributed by atoms with Gasteiger partial charge in [-0.2, -0.15) is 0 Å². The van der Waals surface area contributed by atoms with Gasteiger partial charge in [-0.1, -0.05) is 12.1 Å². The third-order valence-corrected chi connectivity index (χ3v) is 4.78. The summed E-state index contributed by atoms with van der Waals surface area (Å²) in [5.74, 6) is 1.92. The second kappa shape index (κ2) is 15.7. The van der Waals surface area contributed by atoms with Gasteiger partial charge in [0.05, 0.1) is 26.4 Å². The third kappa shape index (κ3) is 10.1. The number of hydrogen-bond acceptors (Lipinski definition) is 5. The van der Waals surface area contributed by atoms with E-state index in [1.807, 2.05) is 18.2 Å². The number of rotatable bonds is 11. The summed E-state index contributed by atoms with van der Waals surface area (Å²) in [6, 6.07) is 12.3. The van der Waals surface area contributed by atoms with Gasteiger partial charge in [0.15, 0.2) is 17.5 Å². The molecule has 0 radical (unpaired) electrons. The van der Waals surface area contributed by atoms with Crippen molar-refractivity contribution in [3.05, 3.63) is 53.8 Å². The first-order valence-electron chi connectivity index (χ1n) is 11.0. The van der Waals surface area contributed by atoms with Crippen LogP contribution in [-0.2, 0) is 15.9 Å². The van der Waals surface area contributed by atoms with Crippen molar-refractivity contribution in [1.29, 1.82) is 0 Å². The fraction of sp³-hybridized carbons (Fsp3) is 0.458. The van der Waals surface area contributed by atoms with E-state index < -0.39 is 0 Å². The number of ether oxygens (including phenoxy) is 4. The Kier molecular flexibility index (Phi) is 12.9. The molecule has 0 atom stereocenters. The second-order valence-electron chi connectivity index (χ2n) is 7.33. The lowest BCUT2D eigenvalue weighted by molar-refractivity contribution is 0.0702. The van der Waals surface area contributed by atoms with Crippen LogP contribution in [-0.4, -0.2) is 59.2 Å². The fourth-order valence-electron chi connectivity index (χ4n) is 3.10. The monoisotopic (exact) mass is 573 g/mol. The smallest absolute Gasteiger partial charge is 0.195 e. The van der Waals surface area contributed by atoms with Crippen molar-refractivity contribution < 1.29 is 23.3 Å². The summed E-state index contributed by atoms with van der Waals surface area (Å²) in [6.07, 6.45) is 2.42. The molecule has 33 heavy (non-hydrogen) atoms. The molecule has 0 amide bonds. The van der Waals surface area contributed by atoms with Gasteiger partial charge in [-0.25, -0.2) is 4.39 Å². The Labute approximate surface area is 212 Å². The molecular formula is C24H33FIN3O4. The van der Waals surface area contributed by atoms with Gasteiger partial charge in [0.25, 0.3) is 0 Å². The Bertz CT molecular complexity index is 852. The molecule has 0 saturated heterocycles. The standard InChI is InChI=1S/C24H32FN3O4.HI/c1-29-16-17-30-13-2-11-26-24(27-12-10-19-4-6-20(25)7-5-19)28-21-8-9-22-23(18-21)32-15-3-14-31-22;/h4-9,18H,2-3,10-17H2,1H3,(H2,26,27,28);1H. The minimum atomic E-state index is -0.229. The number of aliphatic imine (C=N–C) groups is 1. The number of nitrogens with one attached hydrogen (secondary N) is 2. The quantitative estimate of drug-likeness (QED) is 0.181. The molecule has 1 aliphatic heterocycles. The van der Waals surface area contributed by atoms with Gasteiger partial charge in [-0.3, -0.25) is 4.99 Å². The maximum Gasteiger partial charge on any atom is 0.195 e. The van der Waals surface area contributed by atoms with Crippen LogP contribution in [0, 0.1) is 5.82 Å². The molecule has 0 spiro atoms. The van der Waals surface area contributed by atoms with Gasteiger partial charge < -0.3 is 29.6 Å². The summed E-state index contributed by atoms with van der Waals surface area (Å²) in [5.41, 5.74) is 1.92. The molecule has 7 nitrogen and oxygen atoms in total. The highest BCUT2D eigenvalue weighted by molar-refractivity contribution is 14.0. The molecule has 0 fully saturated rings. The number of nitrogens with zero attached hydrogens (tertiary/aromatic N) is 1. The molecular weight excluding hydrogens is 540 g/mol. The van der Waals surface area contributed by atoms with Crippen LogP contribution in [0.25, 0.3) is 0 Å². The topological polar surface area (TPSA) is 73.3 Å². The largest absolute Gasteiger partial charge is 0.490 e. The van der Waals surface area contributed by atoms with E-state index in [0.29, 0.717) is 52.1 Å². The fourth-order valence-corrected chi connectivity index (χ4v) is 3.10. The van der Waals surface area contributed by atoms with Crippen molar-refractivity contribution in [2.45, 2.75) is 19.3 Å². The number of hydrogen-bond donors (Lipinski definition) is 2. The highest BCUT2D eigenvalue weighted by Gasteiger charge is 2.11. The Morgan fingerprint density at radius 1 is 1.03 bits per heavy atom. The van der Waals surface area contributed by atoms with E-state index in [9.17, 15) is 4.39 Å². The minimum absolute atomic E-state index is 0. The van der Waals surface area contributed by atoms with Crippen molar-refractivity contribution in [3.63, 3.8) is 0 Å². The molecule has 0 unspecified atom stereocenters. The van der Waals surface area contributed by atoms with E-state index in [1.54, 1.807) is 19.2 Å². The Morgan fingerprint density at radius 3 is 2.61 bits per heavy atom. The highest BCUT2D eigenvalue weighted by atomic mass is 127. The Morgan fingerprint density at radius 2 is 1.82 bits per heavy atom. The molecule has 182 valence electrons. The van der Waals surface area contributed by atoms with E-state index in [1.165, 1.54) is 12.1 Å². The molecule has 0 bridgehead atoms. The zero-order chi connectivity index (χ0) is 22.4. The zero-order valence-corrected chi connectivity index (χ0v) is 21.3. The number of fused-ring (bicyclic) bond motifs is 1. The van der Waals surface area contributed by atoms with Crippen molar-refractivity contribution >= 4 is 35.6 Å². The van der Waals surface area contributed by atoms with Crippen LogP contribution in [0.1, 0.15) is 18.4 Å². The van der Waals surface area contributed by atoms with Crippen LogP contribution in [0.15, 0.2) is 47.5 Å². The van der Waals surface area contributed by atoms with E-state index in [2.05, 4.69) is 15.6 Å². The molecule has 0 aliphatic carbocycles. The van der Waals surface area contributed by atoms with E-state index in [-0.39, 0.29) is 29.8 Å². The molecule has 2 aromatic carbocycles. The van der Waals surface area contributed by atoms with Gasteiger partial charge >= 0.3 is 0 Å². The molecule has 2 aromatic rings. The molecule has 0 aromatic heterocycles. The highest BCUT2D eigenvalue weighted by Crippen LogP contribution is 2.32. The third-order valence-electron chi connectivity index (χ3n) is 4.78. The van der Waals surface area contributed by atoms with Crippen molar-refractivity contribution in [1.82, 2.24) is 5.32 Å². The average Bonchev–Trinajstić information content (AvgIpc) is 3.04. The first kappa shape index (κ1) is 27.1. The van der Waals surface area contributed by atoms with E-state index in [0.717, 1.165) is 42.0 Å². The molecule has 0 saturated carbocycles. The van der Waals surface area contributed by atoms with Crippen LogP contribution < -0.4 is 20.1 Å². The maximum absolute atomic E-state index is 13.1. The number of halogens is 2. The van der Waals surface area contributed by atoms with E-state index >= 15 is 0 Å². The predicted octanol–water partition coefficient (Wildman–Crippen LogP) is 4.26. The first-order chi connectivity index (χ1) is 15.7. The SMILES string of the molecule is COCCOCCCN=C(NCCc1ccc(F)cc1)Nc1ccc2c(c1)OCCCO2.I. The van der Waals surface area contributed by atoms with Crippen molar-refractivity contribution in [2.75, 3.05) is 58.6 Å². The summed E-state index contributed by atoms with van der Waals surface area (Å²) in [4.78, 5) is 4.66. The van der Waals surface area contributed by atoms with Crippen molar-refractivity contribution in [2.24, 2.45) is 4.99 Å². The summed E-state index contributed by atoms with van der Waals surface area (Å²) >= 11 is 0. The summed E-state index contributed by atoms with van der Waals surface area (Å²) < 4.78 is 35.1. The lowest BCUT2D eigenvalue weighted by atomic mass is 10.1. The summed E-state index contributed by atoms with van der Waals surface area (Å²) in [6.45, 7) is 4.36. The number of guanidine groups is 1. The molecule has 1 aliphatic rings. The van der Waals surface area contributed by atoms with Gasteiger partial charge in [0, 0.05) is 45.0 Å². The van der Waals surface area contributed by atoms with Crippen LogP contribution in [0.5, 0.6) is 11.5 Å². The van der Waals surface area contributed by atoms with Crippen LogP contribution in [0.4, 0.5) is 10.1 Å². The maximum atomic E-state index is 13.1. The first-order valence-corrected chi connectivity index (χ1v) is 11.0. The predicted molar refractivity (Wildman–Crippen MR) is 139 cm³/mol. The summed E-state index contributed by atoms with van der Waals surface area (Å²) in [5, 5.41) is 6.69. The summed E-state index contributed by atoms with van der Waals surface area (Å²) in [7, 11) is 1.66. The zero-order valence-electron chi connectivity index (χ0n) is 19.0. The minimum Gasteiger partial charge on any atom is -0.490 e. The lowest BCUT2D eigenvalue weighted by Crippen LogP contribution is -2.32. The number of benzene rings is 2. The molecule has 1 heterocycles. The van der Waals surface area contributed by atoms with Crippen LogP contribution in [0.2, 0.25) is 0 Å². The molecule has 3 rings (SSSR count). The van der Waals surface area contributed by atoms with E-state index in [4.69, 9.17) is 18.9 Å². The average molecular weight is 573 g/mol. The second-order valence-corrected chi connectivity index (χ2v) is 7.33.